The van der Waals surface area contributed by atoms with Crippen molar-refractivity contribution >= 4 is 23.2 Å². The standard InChI is InChI=1S/C16H15FN2O3S/c1-9-18-13(8-23-9)10-2-4-11(5-3-10)15(20)19-7-12(17)6-14(19)16(21)22/h2-5,8,12,14H,6-7H2,1H3,(H,21,22)/t12-,14-/m0/s1. The number of aliphatic carboxylic acids is 1. The zero-order valence-corrected chi connectivity index (χ0v) is 13.2. The van der Waals surface area contributed by atoms with E-state index in [0.29, 0.717) is 5.56 Å². The number of benzene rings is 1. The number of nitrogens with zero attached hydrogens (tertiary/aromatic N) is 2. The molecule has 0 saturated carbocycles. The number of hydrogen-bond acceptors (Lipinski definition) is 4. The molecule has 1 fully saturated rings. The highest BCUT2D eigenvalue weighted by Crippen LogP contribution is 2.25. The van der Waals surface area contributed by atoms with Gasteiger partial charge in [0.1, 0.15) is 12.2 Å². The largest absolute Gasteiger partial charge is 0.480 e. The molecule has 1 aromatic carbocycles. The highest BCUT2D eigenvalue weighted by molar-refractivity contribution is 7.09. The Morgan fingerprint density at radius 1 is 1.35 bits per heavy atom. The van der Waals surface area contributed by atoms with Crippen LogP contribution < -0.4 is 0 Å². The maximum atomic E-state index is 13.5. The Morgan fingerprint density at radius 2 is 2.04 bits per heavy atom. The number of amides is 1. The maximum absolute atomic E-state index is 13.5. The molecule has 0 unspecified atom stereocenters. The van der Waals surface area contributed by atoms with E-state index in [2.05, 4.69) is 4.98 Å². The lowest BCUT2D eigenvalue weighted by molar-refractivity contribution is -0.141. The van der Waals surface area contributed by atoms with Crippen LogP contribution in [0.1, 0.15) is 21.8 Å². The number of carboxylic acid groups (broad SMARTS) is 1. The van der Waals surface area contributed by atoms with E-state index in [-0.39, 0.29) is 13.0 Å². The number of carboxylic acids is 1. The van der Waals surface area contributed by atoms with Crippen LogP contribution in [0.15, 0.2) is 29.6 Å². The third kappa shape index (κ3) is 3.10. The molecular weight excluding hydrogens is 319 g/mol. The summed E-state index contributed by atoms with van der Waals surface area (Å²) in [6.45, 7) is 1.74. The summed E-state index contributed by atoms with van der Waals surface area (Å²) in [4.78, 5) is 29.1. The normalized spacial score (nSPS) is 20.7. The van der Waals surface area contributed by atoms with Crippen LogP contribution in [0.25, 0.3) is 11.3 Å². The van der Waals surface area contributed by atoms with E-state index in [1.165, 1.54) is 0 Å². The highest BCUT2D eigenvalue weighted by atomic mass is 32.1. The number of halogens is 1. The highest BCUT2D eigenvalue weighted by Gasteiger charge is 2.40. The van der Waals surface area contributed by atoms with Crippen LogP contribution >= 0.6 is 11.3 Å². The summed E-state index contributed by atoms with van der Waals surface area (Å²) in [5, 5.41) is 12.0. The van der Waals surface area contributed by atoms with Gasteiger partial charge in [0.05, 0.1) is 17.2 Å². The van der Waals surface area contributed by atoms with Gasteiger partial charge >= 0.3 is 5.97 Å². The first-order chi connectivity index (χ1) is 11.0. The molecule has 1 saturated heterocycles. The Morgan fingerprint density at radius 3 is 2.61 bits per heavy atom. The van der Waals surface area contributed by atoms with Crippen molar-refractivity contribution in [1.82, 2.24) is 9.88 Å². The van der Waals surface area contributed by atoms with Gasteiger partial charge in [0.15, 0.2) is 0 Å². The summed E-state index contributed by atoms with van der Waals surface area (Å²) in [7, 11) is 0. The van der Waals surface area contributed by atoms with Gasteiger partial charge in [0, 0.05) is 22.9 Å². The van der Waals surface area contributed by atoms with Crippen LogP contribution in [0.4, 0.5) is 4.39 Å². The lowest BCUT2D eigenvalue weighted by Gasteiger charge is -2.21. The number of carbonyl (C=O) groups excluding carboxylic acids is 1. The quantitative estimate of drug-likeness (QED) is 0.937. The summed E-state index contributed by atoms with van der Waals surface area (Å²) < 4.78 is 13.5. The van der Waals surface area contributed by atoms with E-state index in [1.54, 1.807) is 35.6 Å². The van der Waals surface area contributed by atoms with Gasteiger partial charge in [0.25, 0.3) is 5.91 Å². The number of alkyl halides is 1. The molecule has 0 radical (unpaired) electrons. The molecule has 1 aliphatic heterocycles. The monoisotopic (exact) mass is 334 g/mol. The molecule has 5 nitrogen and oxygen atoms in total. The maximum Gasteiger partial charge on any atom is 0.326 e. The number of thiazole rings is 1. The molecule has 3 rings (SSSR count). The first-order valence-corrected chi connectivity index (χ1v) is 8.04. The minimum absolute atomic E-state index is 0.155. The van der Waals surface area contributed by atoms with Gasteiger partial charge in [-0.05, 0) is 19.1 Å². The van der Waals surface area contributed by atoms with E-state index in [0.717, 1.165) is 21.2 Å². The Hall–Kier alpha value is -2.28. The number of carbonyl (C=O) groups is 2. The number of rotatable bonds is 3. The summed E-state index contributed by atoms with van der Waals surface area (Å²) >= 11 is 1.54. The lowest BCUT2D eigenvalue weighted by atomic mass is 10.1. The minimum atomic E-state index is -1.29. The molecule has 0 bridgehead atoms. The van der Waals surface area contributed by atoms with E-state index in [1.807, 2.05) is 12.3 Å². The van der Waals surface area contributed by atoms with Crippen molar-refractivity contribution in [3.63, 3.8) is 0 Å². The third-order valence-electron chi connectivity index (χ3n) is 3.84. The average Bonchev–Trinajstić information content (AvgIpc) is 3.13. The SMILES string of the molecule is Cc1nc(-c2ccc(C(=O)N3C[C@@H](F)C[C@H]3C(=O)O)cc2)cs1. The molecule has 1 amide bonds. The molecule has 0 spiro atoms. The first-order valence-electron chi connectivity index (χ1n) is 7.16. The Kier molecular flexibility index (Phi) is 4.12. The third-order valence-corrected chi connectivity index (χ3v) is 4.62. The smallest absolute Gasteiger partial charge is 0.326 e. The fourth-order valence-electron chi connectivity index (χ4n) is 2.69. The molecule has 2 heterocycles. The molecule has 1 aromatic heterocycles. The van der Waals surface area contributed by atoms with Crippen molar-refractivity contribution in [1.29, 1.82) is 0 Å². The predicted octanol–water partition coefficient (Wildman–Crippen LogP) is 2.76. The van der Waals surface area contributed by atoms with Crippen LogP contribution in [0.3, 0.4) is 0 Å². The summed E-state index contributed by atoms with van der Waals surface area (Å²) in [6, 6.07) is 5.67. The Balaban J connectivity index is 1.81. The predicted molar refractivity (Wildman–Crippen MR) is 84.3 cm³/mol. The molecule has 23 heavy (non-hydrogen) atoms. The van der Waals surface area contributed by atoms with Gasteiger partial charge in [-0.25, -0.2) is 14.2 Å². The first kappa shape index (κ1) is 15.6. The number of likely N-dealkylation sites (tertiary alicyclic amines) is 1. The summed E-state index contributed by atoms with van der Waals surface area (Å²) in [5.74, 6) is -1.63. The van der Waals surface area contributed by atoms with E-state index >= 15 is 0 Å². The average molecular weight is 334 g/mol. The molecule has 2 aromatic rings. The molecular formula is C16H15FN2O3S. The van der Waals surface area contributed by atoms with Crippen molar-refractivity contribution in [3.05, 3.63) is 40.2 Å². The fourth-order valence-corrected chi connectivity index (χ4v) is 3.31. The van der Waals surface area contributed by atoms with Crippen molar-refractivity contribution < 1.29 is 19.1 Å². The molecule has 1 aliphatic rings. The van der Waals surface area contributed by atoms with Gasteiger partial charge in [-0.2, -0.15) is 0 Å². The fraction of sp³-hybridized carbons (Fsp3) is 0.312. The van der Waals surface area contributed by atoms with E-state index in [9.17, 15) is 14.0 Å². The molecule has 7 heteroatoms. The van der Waals surface area contributed by atoms with Crippen molar-refractivity contribution in [2.24, 2.45) is 0 Å². The summed E-state index contributed by atoms with van der Waals surface area (Å²) in [6.07, 6.45) is -1.45. The van der Waals surface area contributed by atoms with Crippen LogP contribution in [0.5, 0.6) is 0 Å². The number of aromatic nitrogens is 1. The minimum Gasteiger partial charge on any atom is -0.480 e. The van der Waals surface area contributed by atoms with Crippen molar-refractivity contribution in [2.45, 2.75) is 25.6 Å². The summed E-state index contributed by atoms with van der Waals surface area (Å²) in [5.41, 5.74) is 2.06. The van der Waals surface area contributed by atoms with Crippen molar-refractivity contribution in [3.8, 4) is 11.3 Å². The Labute approximate surface area is 136 Å². The molecule has 120 valence electrons. The molecule has 1 N–H and O–H groups in total. The Bertz CT molecular complexity index is 744. The topological polar surface area (TPSA) is 70.5 Å². The molecule has 0 aliphatic carbocycles. The number of aryl methyl sites for hydroxylation is 1. The van der Waals surface area contributed by atoms with Gasteiger partial charge in [0.2, 0.25) is 0 Å². The van der Waals surface area contributed by atoms with Crippen LogP contribution in [0.2, 0.25) is 0 Å². The van der Waals surface area contributed by atoms with Crippen molar-refractivity contribution in [2.75, 3.05) is 6.54 Å². The zero-order chi connectivity index (χ0) is 16.6. The van der Waals surface area contributed by atoms with Gasteiger partial charge < -0.3 is 10.0 Å². The second kappa shape index (κ2) is 6.08. The lowest BCUT2D eigenvalue weighted by Crippen LogP contribution is -2.40. The van der Waals surface area contributed by atoms with Crippen LogP contribution in [-0.4, -0.2) is 45.6 Å². The number of hydrogen-bond donors (Lipinski definition) is 1. The van der Waals surface area contributed by atoms with Crippen LogP contribution in [-0.2, 0) is 4.79 Å². The van der Waals surface area contributed by atoms with Gasteiger partial charge in [-0.3, -0.25) is 4.79 Å². The second-order valence-corrected chi connectivity index (χ2v) is 6.54. The van der Waals surface area contributed by atoms with Gasteiger partial charge in [-0.1, -0.05) is 12.1 Å². The van der Waals surface area contributed by atoms with Crippen LogP contribution in [0, 0.1) is 6.92 Å². The second-order valence-electron chi connectivity index (χ2n) is 5.47. The zero-order valence-electron chi connectivity index (χ0n) is 12.4. The van der Waals surface area contributed by atoms with E-state index in [4.69, 9.17) is 5.11 Å². The van der Waals surface area contributed by atoms with Gasteiger partial charge in [-0.15, -0.1) is 11.3 Å². The van der Waals surface area contributed by atoms with E-state index < -0.39 is 24.1 Å². The molecule has 2 atom stereocenters.